The van der Waals surface area contributed by atoms with Crippen LogP contribution in [0.25, 0.3) is 22.0 Å². The predicted molar refractivity (Wildman–Crippen MR) is 116 cm³/mol. The van der Waals surface area contributed by atoms with Crippen molar-refractivity contribution in [3.8, 4) is 11.3 Å². The molecule has 0 unspecified atom stereocenters. The summed E-state index contributed by atoms with van der Waals surface area (Å²) in [5, 5.41) is 2.53. The van der Waals surface area contributed by atoms with E-state index in [-0.39, 0.29) is 5.56 Å². The monoisotopic (exact) mass is 383 g/mol. The Hall–Kier alpha value is -3.67. The van der Waals surface area contributed by atoms with E-state index in [1.165, 1.54) is 22.5 Å². The van der Waals surface area contributed by atoms with E-state index in [0.29, 0.717) is 11.6 Å². The van der Waals surface area contributed by atoms with Crippen molar-refractivity contribution in [1.82, 2.24) is 15.0 Å². The Morgan fingerprint density at radius 1 is 0.828 bits per heavy atom. The van der Waals surface area contributed by atoms with Crippen molar-refractivity contribution < 1.29 is 0 Å². The predicted octanol–water partition coefficient (Wildman–Crippen LogP) is 3.31. The fraction of sp³-hybridized carbons (Fsp3) is 0.174. The summed E-state index contributed by atoms with van der Waals surface area (Å²) >= 11 is 0. The minimum absolute atomic E-state index is 0.140. The molecule has 1 aliphatic heterocycles. The molecule has 0 spiro atoms. The fourth-order valence-electron chi connectivity index (χ4n) is 3.91. The number of piperazine rings is 1. The van der Waals surface area contributed by atoms with Crippen LogP contribution in [-0.4, -0.2) is 41.1 Å². The summed E-state index contributed by atoms with van der Waals surface area (Å²) in [7, 11) is 0. The third-order valence-corrected chi connectivity index (χ3v) is 5.39. The van der Waals surface area contributed by atoms with Crippen LogP contribution in [-0.2, 0) is 0 Å². The Morgan fingerprint density at radius 3 is 2.38 bits per heavy atom. The minimum Gasteiger partial charge on any atom is -0.367 e. The second-order valence-corrected chi connectivity index (χ2v) is 7.16. The van der Waals surface area contributed by atoms with Crippen molar-refractivity contribution in [2.45, 2.75) is 0 Å². The van der Waals surface area contributed by atoms with Gasteiger partial charge < -0.3 is 9.80 Å². The Balaban J connectivity index is 1.38. The Labute approximate surface area is 168 Å². The van der Waals surface area contributed by atoms with Crippen molar-refractivity contribution in [1.29, 1.82) is 0 Å². The molecule has 1 saturated heterocycles. The lowest BCUT2D eigenvalue weighted by atomic mass is 10.1. The van der Waals surface area contributed by atoms with Crippen molar-refractivity contribution in [3.63, 3.8) is 0 Å². The number of pyridine rings is 1. The number of fused-ring (bicyclic) bond motifs is 1. The number of H-pyrrole nitrogens is 1. The third kappa shape index (κ3) is 3.45. The van der Waals surface area contributed by atoms with Crippen molar-refractivity contribution in [2.75, 3.05) is 36.0 Å². The maximum absolute atomic E-state index is 12.2. The van der Waals surface area contributed by atoms with Crippen molar-refractivity contribution in [2.24, 2.45) is 0 Å². The highest BCUT2D eigenvalue weighted by atomic mass is 16.1. The normalized spacial score (nSPS) is 14.3. The van der Waals surface area contributed by atoms with E-state index in [2.05, 4.69) is 62.2 Å². The quantitative estimate of drug-likeness (QED) is 0.588. The van der Waals surface area contributed by atoms with E-state index in [1.807, 2.05) is 12.1 Å². The molecule has 144 valence electrons. The summed E-state index contributed by atoms with van der Waals surface area (Å²) in [6.45, 7) is 3.34. The van der Waals surface area contributed by atoms with Gasteiger partial charge >= 0.3 is 0 Å². The summed E-state index contributed by atoms with van der Waals surface area (Å²) in [4.78, 5) is 28.4. The van der Waals surface area contributed by atoms with Gasteiger partial charge in [-0.1, -0.05) is 36.4 Å². The van der Waals surface area contributed by atoms with Gasteiger partial charge in [-0.2, -0.15) is 0 Å². The first-order chi connectivity index (χ1) is 14.3. The molecule has 1 fully saturated rings. The van der Waals surface area contributed by atoms with Gasteiger partial charge in [-0.3, -0.25) is 14.8 Å². The zero-order valence-electron chi connectivity index (χ0n) is 16.0. The lowest BCUT2D eigenvalue weighted by Crippen LogP contribution is -2.47. The topological polar surface area (TPSA) is 65.1 Å². The van der Waals surface area contributed by atoms with Gasteiger partial charge in [0.25, 0.3) is 5.56 Å². The largest absolute Gasteiger partial charge is 0.367 e. The number of anilines is 2. The summed E-state index contributed by atoms with van der Waals surface area (Å²) in [6.07, 6.45) is 3.42. The summed E-state index contributed by atoms with van der Waals surface area (Å²) in [5.41, 5.74) is 2.68. The second kappa shape index (κ2) is 7.39. The lowest BCUT2D eigenvalue weighted by Gasteiger charge is -2.37. The van der Waals surface area contributed by atoms with E-state index in [9.17, 15) is 4.79 Å². The minimum atomic E-state index is -0.140. The SMILES string of the molecule is O=c1cc(-c2ccncc2)nc(N2CCN(c3cccc4ccccc34)CC2)[nH]1. The maximum Gasteiger partial charge on any atom is 0.252 e. The van der Waals surface area contributed by atoms with Crippen LogP contribution in [0.5, 0.6) is 0 Å². The van der Waals surface area contributed by atoms with Crippen LogP contribution in [0.3, 0.4) is 0 Å². The number of benzene rings is 2. The Morgan fingerprint density at radius 2 is 1.55 bits per heavy atom. The molecule has 6 nitrogen and oxygen atoms in total. The average molecular weight is 383 g/mol. The van der Waals surface area contributed by atoms with Gasteiger partial charge in [-0.15, -0.1) is 0 Å². The van der Waals surface area contributed by atoms with E-state index in [0.717, 1.165) is 31.7 Å². The molecule has 0 atom stereocenters. The highest BCUT2D eigenvalue weighted by Crippen LogP contribution is 2.28. The first kappa shape index (κ1) is 17.4. The van der Waals surface area contributed by atoms with Gasteiger partial charge in [-0.25, -0.2) is 4.98 Å². The van der Waals surface area contributed by atoms with Gasteiger partial charge in [-0.05, 0) is 23.6 Å². The maximum atomic E-state index is 12.2. The molecule has 3 heterocycles. The van der Waals surface area contributed by atoms with Crippen LogP contribution in [0.15, 0.2) is 77.9 Å². The molecule has 4 aromatic rings. The van der Waals surface area contributed by atoms with E-state index >= 15 is 0 Å². The van der Waals surface area contributed by atoms with Gasteiger partial charge in [0.2, 0.25) is 5.95 Å². The molecule has 0 radical (unpaired) electrons. The molecule has 0 bridgehead atoms. The Kier molecular flexibility index (Phi) is 4.44. The molecule has 1 aliphatic rings. The standard InChI is InChI=1S/C23H21N5O/c29-22-16-20(18-8-10-24-11-9-18)25-23(26-22)28-14-12-27(13-15-28)21-7-3-5-17-4-1-2-6-19(17)21/h1-11,16H,12-15H2,(H,25,26,29). The molecule has 2 aromatic carbocycles. The Bertz CT molecular complexity index is 1190. The van der Waals surface area contributed by atoms with E-state index in [1.54, 1.807) is 12.4 Å². The number of aromatic amines is 1. The van der Waals surface area contributed by atoms with Crippen molar-refractivity contribution in [3.05, 3.63) is 83.4 Å². The lowest BCUT2D eigenvalue weighted by molar-refractivity contribution is 0.640. The van der Waals surface area contributed by atoms with E-state index in [4.69, 9.17) is 4.98 Å². The number of nitrogens with one attached hydrogen (secondary N) is 1. The summed E-state index contributed by atoms with van der Waals surface area (Å²) in [5.74, 6) is 0.627. The number of hydrogen-bond acceptors (Lipinski definition) is 5. The van der Waals surface area contributed by atoms with E-state index < -0.39 is 0 Å². The number of nitrogens with zero attached hydrogens (tertiary/aromatic N) is 4. The zero-order chi connectivity index (χ0) is 19.6. The summed E-state index contributed by atoms with van der Waals surface area (Å²) < 4.78 is 0. The molecule has 0 aliphatic carbocycles. The smallest absolute Gasteiger partial charge is 0.252 e. The first-order valence-corrected chi connectivity index (χ1v) is 9.77. The first-order valence-electron chi connectivity index (χ1n) is 9.77. The molecule has 0 saturated carbocycles. The van der Waals surface area contributed by atoms with Crippen molar-refractivity contribution >= 4 is 22.4 Å². The average Bonchev–Trinajstić information content (AvgIpc) is 2.79. The zero-order valence-corrected chi connectivity index (χ0v) is 16.0. The molecule has 5 rings (SSSR count). The molecule has 2 aromatic heterocycles. The highest BCUT2D eigenvalue weighted by molar-refractivity contribution is 5.94. The van der Waals surface area contributed by atoms with Crippen LogP contribution >= 0.6 is 0 Å². The van der Waals surface area contributed by atoms with Crippen LogP contribution in [0.1, 0.15) is 0 Å². The third-order valence-electron chi connectivity index (χ3n) is 5.39. The molecular formula is C23H21N5O. The number of hydrogen-bond donors (Lipinski definition) is 1. The molecule has 0 amide bonds. The summed E-state index contributed by atoms with van der Waals surface area (Å²) in [6, 6.07) is 20.2. The number of rotatable bonds is 3. The molecule has 1 N–H and O–H groups in total. The fourth-order valence-corrected chi connectivity index (χ4v) is 3.91. The molecular weight excluding hydrogens is 362 g/mol. The second-order valence-electron chi connectivity index (χ2n) is 7.16. The van der Waals surface area contributed by atoms with Gasteiger partial charge in [0.15, 0.2) is 0 Å². The van der Waals surface area contributed by atoms with Crippen LogP contribution in [0, 0.1) is 0 Å². The van der Waals surface area contributed by atoms with Crippen LogP contribution < -0.4 is 15.4 Å². The molecule has 29 heavy (non-hydrogen) atoms. The van der Waals surface area contributed by atoms with Gasteiger partial charge in [0, 0.05) is 61.3 Å². The number of aromatic nitrogens is 3. The molecule has 6 heteroatoms. The highest BCUT2D eigenvalue weighted by Gasteiger charge is 2.20. The van der Waals surface area contributed by atoms with Gasteiger partial charge in [0.05, 0.1) is 5.69 Å². The van der Waals surface area contributed by atoms with Gasteiger partial charge in [0.1, 0.15) is 0 Å². The van der Waals surface area contributed by atoms with Crippen LogP contribution in [0.4, 0.5) is 11.6 Å². The van der Waals surface area contributed by atoms with Crippen LogP contribution in [0.2, 0.25) is 0 Å².